The molecular formula is C8H8F4O2. The van der Waals surface area contributed by atoms with E-state index in [1.807, 2.05) is 0 Å². The van der Waals surface area contributed by atoms with Crippen molar-refractivity contribution in [1.82, 2.24) is 0 Å². The molecule has 80 valence electrons. The molecule has 0 N–H and O–H groups in total. The van der Waals surface area contributed by atoms with Crippen LogP contribution >= 0.6 is 0 Å². The lowest BCUT2D eigenvalue weighted by molar-refractivity contribution is -0.122. The molecule has 1 rings (SSSR count). The van der Waals surface area contributed by atoms with E-state index in [1.165, 1.54) is 6.08 Å². The molecule has 0 saturated carbocycles. The zero-order valence-corrected chi connectivity index (χ0v) is 7.05. The summed E-state index contributed by atoms with van der Waals surface area (Å²) in [5.74, 6) is -0.561. The van der Waals surface area contributed by atoms with Gasteiger partial charge in [0.2, 0.25) is 0 Å². The number of alkyl halides is 4. The molecular weight excluding hydrogens is 204 g/mol. The lowest BCUT2D eigenvalue weighted by atomic mass is 10.1. The maximum Gasteiger partial charge on any atom is 0.387 e. The topological polar surface area (TPSA) is 18.5 Å². The third-order valence-electron chi connectivity index (χ3n) is 1.53. The van der Waals surface area contributed by atoms with Crippen LogP contribution in [0.5, 0.6) is 0 Å². The summed E-state index contributed by atoms with van der Waals surface area (Å²) in [6.07, 6.45) is 3.37. The molecule has 0 aliphatic heterocycles. The first-order valence-corrected chi connectivity index (χ1v) is 3.89. The Bertz CT molecular complexity index is 248. The van der Waals surface area contributed by atoms with Crippen LogP contribution in [0.15, 0.2) is 23.7 Å². The molecule has 0 amide bonds. The van der Waals surface area contributed by atoms with Gasteiger partial charge >= 0.3 is 13.2 Å². The Kier molecular flexibility index (Phi) is 3.79. The van der Waals surface area contributed by atoms with Crippen LogP contribution in [-0.4, -0.2) is 13.2 Å². The van der Waals surface area contributed by atoms with Crippen LogP contribution in [0.2, 0.25) is 0 Å². The zero-order chi connectivity index (χ0) is 10.6. The van der Waals surface area contributed by atoms with Gasteiger partial charge in [0, 0.05) is 6.42 Å². The lowest BCUT2D eigenvalue weighted by Gasteiger charge is -2.16. The Labute approximate surface area is 77.8 Å². The summed E-state index contributed by atoms with van der Waals surface area (Å²) in [5.41, 5.74) is 0. The largest absolute Gasteiger partial charge is 0.435 e. The summed E-state index contributed by atoms with van der Waals surface area (Å²) in [5, 5.41) is 0. The summed E-state index contributed by atoms with van der Waals surface area (Å²) < 4.78 is 55.3. The van der Waals surface area contributed by atoms with Gasteiger partial charge in [0.25, 0.3) is 0 Å². The van der Waals surface area contributed by atoms with Gasteiger partial charge in [-0.2, -0.15) is 17.6 Å². The molecule has 1 aliphatic carbocycles. The molecule has 0 radical (unpaired) electrons. The van der Waals surface area contributed by atoms with Gasteiger partial charge in [-0.05, 0) is 12.5 Å². The molecule has 2 nitrogen and oxygen atoms in total. The van der Waals surface area contributed by atoms with Crippen molar-refractivity contribution >= 4 is 0 Å². The summed E-state index contributed by atoms with van der Waals surface area (Å²) in [4.78, 5) is 0. The summed E-state index contributed by atoms with van der Waals surface area (Å²) in [7, 11) is 0. The van der Waals surface area contributed by atoms with Crippen LogP contribution in [0.25, 0.3) is 0 Å². The molecule has 14 heavy (non-hydrogen) atoms. The van der Waals surface area contributed by atoms with Gasteiger partial charge < -0.3 is 9.47 Å². The average Bonchev–Trinajstić information content (AvgIpc) is 2.06. The van der Waals surface area contributed by atoms with Gasteiger partial charge in [0.1, 0.15) is 5.76 Å². The van der Waals surface area contributed by atoms with Crippen molar-refractivity contribution in [3.63, 3.8) is 0 Å². The van der Waals surface area contributed by atoms with Crippen LogP contribution in [0.4, 0.5) is 17.6 Å². The molecule has 0 aromatic carbocycles. The molecule has 0 atom stereocenters. The highest BCUT2D eigenvalue weighted by Gasteiger charge is 2.18. The van der Waals surface area contributed by atoms with E-state index in [2.05, 4.69) is 9.47 Å². The van der Waals surface area contributed by atoms with E-state index in [0.717, 1.165) is 0 Å². The van der Waals surface area contributed by atoms with Crippen molar-refractivity contribution in [2.75, 3.05) is 0 Å². The molecule has 0 unspecified atom stereocenters. The maximum absolute atomic E-state index is 11.8. The number of ether oxygens (including phenoxy) is 2. The molecule has 0 aromatic rings. The van der Waals surface area contributed by atoms with E-state index in [4.69, 9.17) is 0 Å². The minimum Gasteiger partial charge on any atom is -0.435 e. The van der Waals surface area contributed by atoms with Gasteiger partial charge in [-0.25, -0.2) is 0 Å². The smallest absolute Gasteiger partial charge is 0.387 e. The fraction of sp³-hybridized carbons (Fsp3) is 0.500. The van der Waals surface area contributed by atoms with E-state index in [1.54, 1.807) is 6.08 Å². The molecule has 0 bridgehead atoms. The van der Waals surface area contributed by atoms with E-state index in [9.17, 15) is 17.6 Å². The number of hydrogen-bond donors (Lipinski definition) is 0. The first-order valence-electron chi connectivity index (χ1n) is 3.89. The van der Waals surface area contributed by atoms with Crippen molar-refractivity contribution in [3.05, 3.63) is 23.7 Å². The van der Waals surface area contributed by atoms with Gasteiger partial charge in [-0.3, -0.25) is 0 Å². The fourth-order valence-electron chi connectivity index (χ4n) is 1.05. The summed E-state index contributed by atoms with van der Waals surface area (Å²) in [6, 6.07) is 0. The lowest BCUT2D eigenvalue weighted by Crippen LogP contribution is -2.08. The van der Waals surface area contributed by atoms with E-state index >= 15 is 0 Å². The van der Waals surface area contributed by atoms with E-state index < -0.39 is 13.2 Å². The third kappa shape index (κ3) is 3.27. The summed E-state index contributed by atoms with van der Waals surface area (Å²) >= 11 is 0. The van der Waals surface area contributed by atoms with E-state index in [-0.39, 0.29) is 17.9 Å². The highest BCUT2D eigenvalue weighted by molar-refractivity contribution is 5.20. The monoisotopic (exact) mass is 212 g/mol. The first-order chi connectivity index (χ1) is 6.59. The Morgan fingerprint density at radius 2 is 1.71 bits per heavy atom. The van der Waals surface area contributed by atoms with Gasteiger partial charge in [0.05, 0.1) is 0 Å². The van der Waals surface area contributed by atoms with Gasteiger partial charge in [-0.15, -0.1) is 0 Å². The van der Waals surface area contributed by atoms with Gasteiger partial charge in [0.15, 0.2) is 5.76 Å². The molecule has 0 aromatic heterocycles. The SMILES string of the molecule is FC(F)OC1=C(OC(F)F)CCC=C1. The van der Waals surface area contributed by atoms with Crippen LogP contribution in [0.1, 0.15) is 12.8 Å². The number of rotatable bonds is 4. The Morgan fingerprint density at radius 3 is 2.29 bits per heavy atom. The van der Waals surface area contributed by atoms with Crippen molar-refractivity contribution in [2.24, 2.45) is 0 Å². The highest BCUT2D eigenvalue weighted by Crippen LogP contribution is 2.24. The van der Waals surface area contributed by atoms with Crippen LogP contribution in [-0.2, 0) is 9.47 Å². The second-order valence-electron chi connectivity index (χ2n) is 2.49. The minimum absolute atomic E-state index is 0.142. The van der Waals surface area contributed by atoms with Crippen LogP contribution in [0, 0.1) is 0 Å². The normalized spacial score (nSPS) is 16.7. The molecule has 1 aliphatic rings. The van der Waals surface area contributed by atoms with Crippen molar-refractivity contribution in [3.8, 4) is 0 Å². The summed E-state index contributed by atoms with van der Waals surface area (Å²) in [6.45, 7) is -6.06. The zero-order valence-electron chi connectivity index (χ0n) is 7.05. The van der Waals surface area contributed by atoms with Crippen molar-refractivity contribution < 1.29 is 27.0 Å². The molecule has 6 heteroatoms. The van der Waals surface area contributed by atoms with Crippen molar-refractivity contribution in [1.29, 1.82) is 0 Å². The third-order valence-corrected chi connectivity index (χ3v) is 1.53. The number of allylic oxidation sites excluding steroid dienone is 3. The predicted molar refractivity (Wildman–Crippen MR) is 39.6 cm³/mol. The second kappa shape index (κ2) is 4.88. The van der Waals surface area contributed by atoms with Crippen LogP contribution in [0.3, 0.4) is 0 Å². The molecule has 0 saturated heterocycles. The van der Waals surface area contributed by atoms with Crippen LogP contribution < -0.4 is 0 Å². The second-order valence-corrected chi connectivity index (χ2v) is 2.49. The minimum atomic E-state index is -3.04. The van der Waals surface area contributed by atoms with Gasteiger partial charge in [-0.1, -0.05) is 6.08 Å². The Balaban J connectivity index is 2.70. The molecule has 0 spiro atoms. The standard InChI is InChI=1S/C8H8F4O2/c9-7(10)13-5-3-1-2-4-6(5)14-8(11)12/h1,3,7-8H,2,4H2. The fourth-order valence-corrected chi connectivity index (χ4v) is 1.05. The predicted octanol–water partition coefficient (Wildman–Crippen LogP) is 3.03. The first kappa shape index (κ1) is 10.9. The Morgan fingerprint density at radius 1 is 1.07 bits per heavy atom. The molecule has 0 fully saturated rings. The van der Waals surface area contributed by atoms with E-state index in [0.29, 0.717) is 6.42 Å². The number of halogens is 4. The van der Waals surface area contributed by atoms with Crippen molar-refractivity contribution in [2.45, 2.75) is 26.1 Å². The quantitative estimate of drug-likeness (QED) is 0.667. The Hall–Kier alpha value is -1.20. The maximum atomic E-state index is 11.8. The average molecular weight is 212 g/mol. The number of hydrogen-bond acceptors (Lipinski definition) is 2. The molecule has 0 heterocycles. The highest BCUT2D eigenvalue weighted by atomic mass is 19.3.